The van der Waals surface area contributed by atoms with Gasteiger partial charge in [-0.2, -0.15) is 0 Å². The van der Waals surface area contributed by atoms with E-state index in [0.717, 1.165) is 11.1 Å². The Kier molecular flexibility index (Phi) is 6.49. The van der Waals surface area contributed by atoms with E-state index in [1.807, 2.05) is 6.07 Å². The molecule has 4 heterocycles. The summed E-state index contributed by atoms with van der Waals surface area (Å²) in [6.45, 7) is 3.70. The highest BCUT2D eigenvalue weighted by Crippen LogP contribution is 2.32. The number of hydrogen-bond donors (Lipinski definition) is 0. The van der Waals surface area contributed by atoms with Gasteiger partial charge in [0.15, 0.2) is 5.75 Å². The summed E-state index contributed by atoms with van der Waals surface area (Å²) in [4.78, 5) is 14.6. The summed E-state index contributed by atoms with van der Waals surface area (Å²) in [6.07, 6.45) is 2.33. The van der Waals surface area contributed by atoms with Gasteiger partial charge in [-0.25, -0.2) is 17.1 Å². The van der Waals surface area contributed by atoms with Crippen LogP contribution in [0.25, 0.3) is 0 Å². The molecule has 0 saturated carbocycles. The molecule has 5 rings (SSSR count). The van der Waals surface area contributed by atoms with Crippen LogP contribution in [0.4, 0.5) is 4.39 Å². The second-order valence-corrected chi connectivity index (χ2v) is 11.8. The molecule has 2 saturated heterocycles. The maximum atomic E-state index is 13.7. The number of aromatic nitrogens is 1. The molecule has 1 aromatic carbocycles. The zero-order chi connectivity index (χ0) is 23.9. The molecule has 8 nitrogen and oxygen atoms in total. The average molecular weight is 492 g/mol. The second-order valence-electron chi connectivity index (χ2n) is 9.55. The number of rotatable bonds is 7. The highest BCUT2D eigenvalue weighted by atomic mass is 32.2. The maximum Gasteiger partial charge on any atom is 0.292 e. The summed E-state index contributed by atoms with van der Waals surface area (Å²) >= 11 is 0. The van der Waals surface area contributed by atoms with Crippen molar-refractivity contribution in [1.82, 2.24) is 13.8 Å². The molecule has 3 aliphatic heterocycles. The lowest BCUT2D eigenvalue weighted by Gasteiger charge is -2.41. The molecule has 0 spiro atoms. The van der Waals surface area contributed by atoms with E-state index in [1.54, 1.807) is 35.7 Å². The van der Waals surface area contributed by atoms with E-state index in [1.165, 1.54) is 10.6 Å². The fourth-order valence-corrected chi connectivity index (χ4v) is 6.79. The smallest absolute Gasteiger partial charge is 0.292 e. The van der Waals surface area contributed by atoms with Crippen molar-refractivity contribution in [2.45, 2.75) is 24.8 Å². The van der Waals surface area contributed by atoms with Crippen molar-refractivity contribution in [1.29, 1.82) is 0 Å². The van der Waals surface area contributed by atoms with Gasteiger partial charge in [-0.3, -0.25) is 9.69 Å². The predicted octanol–water partition coefficient (Wildman–Crippen LogP) is 1.59. The number of ether oxygens (including phenoxy) is 2. The third kappa shape index (κ3) is 4.64. The summed E-state index contributed by atoms with van der Waals surface area (Å²) in [7, 11) is -1.73. The second kappa shape index (κ2) is 9.41. The number of pyridine rings is 1. The van der Waals surface area contributed by atoms with Crippen LogP contribution in [0.2, 0.25) is 0 Å². The number of benzene rings is 1. The van der Waals surface area contributed by atoms with Gasteiger partial charge in [0.05, 0.1) is 19.8 Å². The Morgan fingerprint density at radius 3 is 2.71 bits per heavy atom. The molecule has 0 N–H and O–H groups in total. The van der Waals surface area contributed by atoms with Gasteiger partial charge in [-0.05, 0) is 53.6 Å². The van der Waals surface area contributed by atoms with Crippen LogP contribution in [0.5, 0.6) is 5.75 Å². The van der Waals surface area contributed by atoms with Crippen molar-refractivity contribution < 1.29 is 22.3 Å². The summed E-state index contributed by atoms with van der Waals surface area (Å²) in [5, 5.41) is -0.465. The number of nitrogens with zero attached hydrogens (tertiary/aromatic N) is 3. The molecule has 2 atom stereocenters. The Morgan fingerprint density at radius 1 is 1.15 bits per heavy atom. The van der Waals surface area contributed by atoms with E-state index in [0.29, 0.717) is 51.5 Å². The Labute approximate surface area is 198 Å². The molecule has 0 aliphatic carbocycles. The van der Waals surface area contributed by atoms with Crippen LogP contribution in [-0.2, 0) is 34.9 Å². The van der Waals surface area contributed by atoms with Crippen molar-refractivity contribution in [3.05, 3.63) is 63.8 Å². The molecule has 2 unspecified atom stereocenters. The van der Waals surface area contributed by atoms with Gasteiger partial charge in [0.1, 0.15) is 11.1 Å². The third-order valence-corrected chi connectivity index (χ3v) is 9.40. The van der Waals surface area contributed by atoms with Gasteiger partial charge >= 0.3 is 0 Å². The van der Waals surface area contributed by atoms with Gasteiger partial charge in [-0.15, -0.1) is 0 Å². The summed E-state index contributed by atoms with van der Waals surface area (Å²) < 4.78 is 53.9. The van der Waals surface area contributed by atoms with Crippen molar-refractivity contribution in [3.8, 4) is 5.75 Å². The molecule has 0 bridgehead atoms. The van der Waals surface area contributed by atoms with Crippen LogP contribution < -0.4 is 10.3 Å². The first-order chi connectivity index (χ1) is 16.3. The Balaban J connectivity index is 1.31. The number of fused-ring (bicyclic) bond motifs is 1. The first-order valence-electron chi connectivity index (χ1n) is 11.7. The number of sulfonamides is 1. The van der Waals surface area contributed by atoms with Crippen molar-refractivity contribution in [2.24, 2.45) is 18.9 Å². The number of aryl methyl sites for hydroxylation is 1. The van der Waals surface area contributed by atoms with Crippen LogP contribution in [0.3, 0.4) is 0 Å². The van der Waals surface area contributed by atoms with E-state index in [-0.39, 0.29) is 36.4 Å². The monoisotopic (exact) mass is 491 g/mol. The fourth-order valence-electron chi connectivity index (χ4n) is 5.08. The minimum atomic E-state index is -3.41. The fraction of sp³-hybridized carbons (Fsp3) is 0.542. The number of piperidine rings is 1. The molecule has 0 amide bonds. The topological polar surface area (TPSA) is 81.1 Å². The standard InChI is InChI=1S/C24H30FN3O5S/c1-26-7-2-3-23(24(26)29)33-14-18-6-8-28(34(30,31)22-15-32-16-22)13-20(18)12-27-10-17-4-5-21(25)9-19(17)11-27/h2-5,7,9,18,20,22H,6,8,10-16H2,1H3. The summed E-state index contributed by atoms with van der Waals surface area (Å²) in [5.41, 5.74) is 1.89. The Morgan fingerprint density at radius 2 is 1.94 bits per heavy atom. The Bertz CT molecular complexity index is 1210. The molecule has 34 heavy (non-hydrogen) atoms. The number of halogens is 1. The molecule has 3 aliphatic rings. The van der Waals surface area contributed by atoms with Crippen LogP contribution in [0, 0.1) is 17.7 Å². The maximum absolute atomic E-state index is 13.7. The van der Waals surface area contributed by atoms with Crippen LogP contribution in [-0.4, -0.2) is 66.9 Å². The minimum absolute atomic E-state index is 0.0243. The quantitative estimate of drug-likeness (QED) is 0.585. The van der Waals surface area contributed by atoms with E-state index in [4.69, 9.17) is 9.47 Å². The van der Waals surface area contributed by atoms with Gasteiger partial charge in [-0.1, -0.05) is 6.07 Å². The van der Waals surface area contributed by atoms with Crippen LogP contribution in [0.1, 0.15) is 17.5 Å². The molecule has 2 fully saturated rings. The Hall–Kier alpha value is -2.27. The largest absolute Gasteiger partial charge is 0.488 e. The highest BCUT2D eigenvalue weighted by molar-refractivity contribution is 7.89. The number of hydrogen-bond acceptors (Lipinski definition) is 6. The summed E-state index contributed by atoms with van der Waals surface area (Å²) in [5.74, 6) is 0.175. The SMILES string of the molecule is Cn1cccc(OCC2CCN(S(=O)(=O)C3COC3)CC2CN2Cc3ccc(F)cc3C2)c1=O. The average Bonchev–Trinajstić information content (AvgIpc) is 3.15. The first kappa shape index (κ1) is 23.5. The first-order valence-corrected chi connectivity index (χ1v) is 13.2. The lowest BCUT2D eigenvalue weighted by molar-refractivity contribution is 0.0359. The normalized spacial score (nSPS) is 24.1. The lowest BCUT2D eigenvalue weighted by Crippen LogP contribution is -2.54. The van der Waals surface area contributed by atoms with Gasteiger partial charge in [0, 0.05) is 46.0 Å². The third-order valence-electron chi connectivity index (χ3n) is 7.23. The summed E-state index contributed by atoms with van der Waals surface area (Å²) in [6, 6.07) is 8.32. The van der Waals surface area contributed by atoms with E-state index in [2.05, 4.69) is 4.90 Å². The molecule has 2 aromatic rings. The van der Waals surface area contributed by atoms with E-state index >= 15 is 0 Å². The molecule has 10 heteroatoms. The van der Waals surface area contributed by atoms with Crippen molar-refractivity contribution >= 4 is 10.0 Å². The predicted molar refractivity (Wildman–Crippen MR) is 124 cm³/mol. The van der Waals surface area contributed by atoms with E-state index < -0.39 is 15.3 Å². The van der Waals surface area contributed by atoms with Crippen molar-refractivity contribution in [2.75, 3.05) is 39.5 Å². The molecular weight excluding hydrogens is 461 g/mol. The van der Waals surface area contributed by atoms with Gasteiger partial charge in [0.25, 0.3) is 5.56 Å². The van der Waals surface area contributed by atoms with Gasteiger partial charge in [0.2, 0.25) is 10.0 Å². The molecule has 0 radical (unpaired) electrons. The van der Waals surface area contributed by atoms with E-state index in [9.17, 15) is 17.6 Å². The zero-order valence-corrected chi connectivity index (χ0v) is 20.0. The molecule has 1 aromatic heterocycles. The van der Waals surface area contributed by atoms with Gasteiger partial charge < -0.3 is 14.0 Å². The lowest BCUT2D eigenvalue weighted by atomic mass is 9.86. The zero-order valence-electron chi connectivity index (χ0n) is 19.2. The van der Waals surface area contributed by atoms with Crippen LogP contribution in [0.15, 0.2) is 41.3 Å². The molecular formula is C24H30FN3O5S. The molecule has 184 valence electrons. The van der Waals surface area contributed by atoms with Crippen molar-refractivity contribution in [3.63, 3.8) is 0 Å². The van der Waals surface area contributed by atoms with Crippen LogP contribution >= 0.6 is 0 Å². The highest BCUT2D eigenvalue weighted by Gasteiger charge is 2.42. The minimum Gasteiger partial charge on any atom is -0.488 e.